The van der Waals surface area contributed by atoms with Crippen molar-refractivity contribution in [3.8, 4) is 33.8 Å². The Hall–Kier alpha value is -3.55. The van der Waals surface area contributed by atoms with E-state index in [-0.39, 0.29) is 0 Å². The molecule has 1 aliphatic carbocycles. The van der Waals surface area contributed by atoms with Crippen LogP contribution in [-0.2, 0) is 0 Å². The van der Waals surface area contributed by atoms with Gasteiger partial charge in [0.2, 0.25) is 0 Å². The first-order valence-electron chi connectivity index (χ1n) is 9.97. The predicted molar refractivity (Wildman–Crippen MR) is 126 cm³/mol. The maximum atomic E-state index is 6.53. The summed E-state index contributed by atoms with van der Waals surface area (Å²) in [7, 11) is 0. The molecule has 0 fully saturated rings. The molecule has 4 aromatic carbocycles. The highest BCUT2D eigenvalue weighted by Crippen LogP contribution is 2.46. The number of benzene rings is 4. The van der Waals surface area contributed by atoms with E-state index in [1.807, 2.05) is 30.3 Å². The van der Waals surface area contributed by atoms with E-state index in [0.717, 1.165) is 38.8 Å². The van der Waals surface area contributed by atoms with Crippen molar-refractivity contribution in [1.82, 2.24) is 0 Å². The molecule has 1 nitrogen and oxygen atoms in total. The molecular weight excluding hydrogens is 388 g/mol. The summed E-state index contributed by atoms with van der Waals surface area (Å²) in [4.78, 5) is 0. The highest BCUT2D eigenvalue weighted by Gasteiger charge is 2.22. The van der Waals surface area contributed by atoms with Gasteiger partial charge < -0.3 is 4.42 Å². The monoisotopic (exact) mass is 404 g/mol. The number of fused-ring (bicyclic) bond motifs is 4. The average Bonchev–Trinajstić information content (AvgIpc) is 3.13. The van der Waals surface area contributed by atoms with Crippen LogP contribution in [0.15, 0.2) is 108 Å². The van der Waals surface area contributed by atoms with Crippen molar-refractivity contribution in [1.29, 1.82) is 0 Å². The lowest BCUT2D eigenvalue weighted by molar-refractivity contribution is 0.585. The van der Waals surface area contributed by atoms with Crippen LogP contribution in [0.25, 0.3) is 55.3 Å². The van der Waals surface area contributed by atoms with Crippen LogP contribution in [0.5, 0.6) is 0 Å². The van der Waals surface area contributed by atoms with Gasteiger partial charge in [0.05, 0.1) is 0 Å². The van der Waals surface area contributed by atoms with Gasteiger partial charge in [-0.25, -0.2) is 0 Å². The molecule has 0 amide bonds. The van der Waals surface area contributed by atoms with Crippen molar-refractivity contribution in [2.75, 3.05) is 0 Å². The van der Waals surface area contributed by atoms with Gasteiger partial charge in [-0.05, 0) is 69.6 Å². The van der Waals surface area contributed by atoms with E-state index in [0.29, 0.717) is 0 Å². The molecule has 0 bridgehead atoms. The largest absolute Gasteiger partial charge is 0.455 e. The summed E-state index contributed by atoms with van der Waals surface area (Å²) in [5, 5.41) is 5.60. The van der Waals surface area contributed by atoms with E-state index >= 15 is 0 Å². The van der Waals surface area contributed by atoms with Gasteiger partial charge in [0.1, 0.15) is 11.5 Å². The molecule has 1 heterocycles. The molecule has 142 valence electrons. The van der Waals surface area contributed by atoms with Crippen LogP contribution < -0.4 is 0 Å². The molecule has 0 aromatic heterocycles. The zero-order valence-electron chi connectivity index (χ0n) is 16.1. The Labute approximate surface area is 179 Å². The lowest BCUT2D eigenvalue weighted by Gasteiger charge is -2.09. The van der Waals surface area contributed by atoms with Gasteiger partial charge in [0.15, 0.2) is 0 Å². The van der Waals surface area contributed by atoms with Crippen LogP contribution in [0, 0.1) is 0 Å². The van der Waals surface area contributed by atoms with Gasteiger partial charge in [0.25, 0.3) is 0 Å². The third kappa shape index (κ3) is 2.71. The summed E-state index contributed by atoms with van der Waals surface area (Å²) in [6, 6.07) is 35.6. The van der Waals surface area contributed by atoms with E-state index in [1.54, 1.807) is 0 Å². The summed E-state index contributed by atoms with van der Waals surface area (Å²) >= 11 is 6.07. The number of hydrogen-bond donors (Lipinski definition) is 0. The van der Waals surface area contributed by atoms with Crippen LogP contribution in [0.4, 0.5) is 0 Å². The van der Waals surface area contributed by atoms with Crippen molar-refractivity contribution < 1.29 is 4.42 Å². The molecule has 0 unspecified atom stereocenters. The molecule has 30 heavy (non-hydrogen) atoms. The van der Waals surface area contributed by atoms with Gasteiger partial charge in [-0.1, -0.05) is 72.3 Å². The molecule has 0 spiro atoms. The maximum Gasteiger partial charge on any atom is 0.143 e. The zero-order valence-corrected chi connectivity index (χ0v) is 16.9. The first-order chi connectivity index (χ1) is 14.8. The van der Waals surface area contributed by atoms with Gasteiger partial charge in [-0.15, -0.1) is 0 Å². The Balaban J connectivity index is 1.65. The normalized spacial score (nSPS) is 11.5. The second-order valence-electron chi connectivity index (χ2n) is 7.53. The Morgan fingerprint density at radius 1 is 0.567 bits per heavy atom. The standard InChI is InChI=1S/C28H17ClO/c29-22-13-11-19(12-14-22)26-16-15-25-23-7-3-4-8-24(23)27(28(25)30-26)21-10-9-18-5-1-2-6-20(18)17-21/h1-17H. The van der Waals surface area contributed by atoms with Crippen molar-refractivity contribution >= 4 is 33.1 Å². The summed E-state index contributed by atoms with van der Waals surface area (Å²) in [5.41, 5.74) is 4.45. The van der Waals surface area contributed by atoms with Crippen LogP contribution >= 0.6 is 11.6 Å². The Bertz CT molecular complexity index is 1490. The van der Waals surface area contributed by atoms with Crippen molar-refractivity contribution in [3.63, 3.8) is 0 Å². The minimum atomic E-state index is 0.718. The van der Waals surface area contributed by atoms with Crippen molar-refractivity contribution in [3.05, 3.63) is 108 Å². The Morgan fingerprint density at radius 3 is 2.10 bits per heavy atom. The van der Waals surface area contributed by atoms with Gasteiger partial charge in [-0.2, -0.15) is 0 Å². The Kier molecular flexibility index (Phi) is 3.90. The molecule has 6 rings (SSSR count). The smallest absolute Gasteiger partial charge is 0.143 e. The lowest BCUT2D eigenvalue weighted by atomic mass is 10.00. The highest BCUT2D eigenvalue weighted by molar-refractivity contribution is 6.30. The third-order valence-corrected chi connectivity index (χ3v) is 5.99. The average molecular weight is 405 g/mol. The molecule has 0 atom stereocenters. The van der Waals surface area contributed by atoms with Gasteiger partial charge in [-0.3, -0.25) is 0 Å². The summed E-state index contributed by atoms with van der Waals surface area (Å²) in [6.07, 6.45) is 0. The second kappa shape index (κ2) is 6.76. The van der Waals surface area contributed by atoms with E-state index in [9.17, 15) is 0 Å². The minimum Gasteiger partial charge on any atom is -0.455 e. The highest BCUT2D eigenvalue weighted by atomic mass is 35.5. The maximum absolute atomic E-state index is 6.53. The van der Waals surface area contributed by atoms with Crippen LogP contribution in [0.1, 0.15) is 0 Å². The van der Waals surface area contributed by atoms with E-state index in [1.165, 1.54) is 21.5 Å². The zero-order chi connectivity index (χ0) is 20.1. The van der Waals surface area contributed by atoms with Crippen molar-refractivity contribution in [2.24, 2.45) is 0 Å². The first-order valence-corrected chi connectivity index (χ1v) is 10.3. The molecule has 2 heteroatoms. The van der Waals surface area contributed by atoms with E-state index < -0.39 is 0 Å². The molecule has 0 saturated heterocycles. The summed E-state index contributed by atoms with van der Waals surface area (Å²) in [6.45, 7) is 0. The molecule has 1 aliphatic heterocycles. The fourth-order valence-corrected chi connectivity index (χ4v) is 4.42. The molecule has 0 saturated carbocycles. The summed E-state index contributed by atoms with van der Waals surface area (Å²) < 4.78 is 6.53. The Morgan fingerprint density at radius 2 is 1.27 bits per heavy atom. The minimum absolute atomic E-state index is 0.718. The fraction of sp³-hybridized carbons (Fsp3) is 0. The van der Waals surface area contributed by atoms with Crippen LogP contribution in [0.2, 0.25) is 5.02 Å². The SMILES string of the molecule is Clc1ccc(-c2ccc3c4ccccc4c(-c4ccc5ccccc5c4)c-3o2)cc1. The van der Waals surface area contributed by atoms with Crippen LogP contribution in [-0.4, -0.2) is 0 Å². The quantitative estimate of drug-likeness (QED) is 0.281. The van der Waals surface area contributed by atoms with E-state index in [4.69, 9.17) is 16.0 Å². The third-order valence-electron chi connectivity index (χ3n) is 5.74. The molecule has 0 N–H and O–H groups in total. The number of hydrogen-bond acceptors (Lipinski definition) is 1. The molecule has 2 aliphatic rings. The predicted octanol–water partition coefficient (Wildman–Crippen LogP) is 8.68. The fourth-order valence-electron chi connectivity index (χ4n) is 4.29. The van der Waals surface area contributed by atoms with Crippen LogP contribution in [0.3, 0.4) is 0 Å². The second-order valence-corrected chi connectivity index (χ2v) is 7.97. The summed E-state index contributed by atoms with van der Waals surface area (Å²) in [5.74, 6) is 1.75. The van der Waals surface area contributed by atoms with Gasteiger partial charge >= 0.3 is 0 Å². The molecular formula is C28H17ClO. The number of halogens is 1. The molecule has 0 radical (unpaired) electrons. The van der Waals surface area contributed by atoms with Gasteiger partial charge in [0, 0.05) is 21.7 Å². The van der Waals surface area contributed by atoms with Crippen molar-refractivity contribution in [2.45, 2.75) is 0 Å². The lowest BCUT2D eigenvalue weighted by Crippen LogP contribution is -1.84. The molecule has 4 aromatic rings. The number of rotatable bonds is 2. The topological polar surface area (TPSA) is 13.1 Å². The first kappa shape index (κ1) is 17.3. The van der Waals surface area contributed by atoms with E-state index in [2.05, 4.69) is 72.8 Å².